The van der Waals surface area contributed by atoms with Crippen molar-refractivity contribution in [2.75, 3.05) is 0 Å². The molecule has 4 aliphatic rings. The summed E-state index contributed by atoms with van der Waals surface area (Å²) in [6.45, 7) is 5.98. The third kappa shape index (κ3) is 2.12. The lowest BCUT2D eigenvalue weighted by Gasteiger charge is -2.63. The van der Waals surface area contributed by atoms with Crippen LogP contribution in [0.15, 0.2) is 0 Å². The maximum absolute atomic E-state index is 15.3. The van der Waals surface area contributed by atoms with Gasteiger partial charge < -0.3 is 5.11 Å². The van der Waals surface area contributed by atoms with E-state index in [2.05, 4.69) is 6.92 Å². The highest BCUT2D eigenvalue weighted by Crippen LogP contribution is 2.68. The standard InChI is InChI=1S/C21H31FO3/c1-12(23)15-4-5-16-14-10-18(22)21(25)11-13(24)6-9-20(21,3)17(14)7-8-19(15,16)2/h14-18,25H,4-11H2,1-3H3/t14-,15+,16-,17-,18?,19+,20+,21-/m0/s1. The van der Waals surface area contributed by atoms with Crippen LogP contribution in [0.3, 0.4) is 0 Å². The van der Waals surface area contributed by atoms with Crippen molar-refractivity contribution in [2.45, 2.75) is 83.9 Å². The van der Waals surface area contributed by atoms with Crippen molar-refractivity contribution in [3.05, 3.63) is 0 Å². The van der Waals surface area contributed by atoms with Crippen LogP contribution in [-0.2, 0) is 9.59 Å². The Morgan fingerprint density at radius 1 is 1.16 bits per heavy atom. The van der Waals surface area contributed by atoms with Crippen molar-refractivity contribution in [1.82, 2.24) is 0 Å². The van der Waals surface area contributed by atoms with Gasteiger partial charge >= 0.3 is 0 Å². The van der Waals surface area contributed by atoms with Gasteiger partial charge in [0.2, 0.25) is 0 Å². The SMILES string of the molecule is CC(=O)[C@H]1CC[C@H]2[C@@H]3CC(F)[C@@]4(O)CC(=O)CC[C@]4(C)[C@H]3CC[C@]12C. The minimum Gasteiger partial charge on any atom is -0.386 e. The number of fused-ring (bicyclic) bond motifs is 5. The topological polar surface area (TPSA) is 54.4 Å². The molecule has 0 saturated heterocycles. The third-order valence-electron chi connectivity index (χ3n) is 9.12. The van der Waals surface area contributed by atoms with Crippen molar-refractivity contribution >= 4 is 11.6 Å². The lowest BCUT2D eigenvalue weighted by atomic mass is 9.43. The highest BCUT2D eigenvalue weighted by Gasteiger charge is 2.68. The van der Waals surface area contributed by atoms with Gasteiger partial charge in [-0.2, -0.15) is 0 Å². The molecule has 0 heterocycles. The molecule has 0 radical (unpaired) electrons. The largest absolute Gasteiger partial charge is 0.386 e. The number of aliphatic hydroxyl groups is 1. The molecule has 1 N–H and O–H groups in total. The Kier molecular flexibility index (Phi) is 3.79. The van der Waals surface area contributed by atoms with Crippen molar-refractivity contribution < 1.29 is 19.1 Å². The first kappa shape index (κ1) is 17.6. The van der Waals surface area contributed by atoms with Crippen LogP contribution in [-0.4, -0.2) is 28.4 Å². The lowest BCUT2D eigenvalue weighted by Crippen LogP contribution is -2.67. The summed E-state index contributed by atoms with van der Waals surface area (Å²) in [5.41, 5.74) is -2.02. The first-order chi connectivity index (χ1) is 11.6. The van der Waals surface area contributed by atoms with Gasteiger partial charge in [-0.15, -0.1) is 0 Å². The minimum atomic E-state index is -1.49. The summed E-state index contributed by atoms with van der Waals surface area (Å²) < 4.78 is 15.3. The number of carbonyl (C=O) groups is 2. The summed E-state index contributed by atoms with van der Waals surface area (Å²) >= 11 is 0. The molecule has 0 spiro atoms. The highest BCUT2D eigenvalue weighted by atomic mass is 19.1. The van der Waals surface area contributed by atoms with Crippen LogP contribution in [0.1, 0.15) is 72.1 Å². The summed E-state index contributed by atoms with van der Waals surface area (Å²) in [4.78, 5) is 24.1. The molecule has 4 saturated carbocycles. The van der Waals surface area contributed by atoms with E-state index in [1.54, 1.807) is 6.92 Å². The van der Waals surface area contributed by atoms with Crippen LogP contribution in [0.2, 0.25) is 0 Å². The zero-order valence-corrected chi connectivity index (χ0v) is 15.7. The summed E-state index contributed by atoms with van der Waals surface area (Å²) in [5.74, 6) is 1.26. The average Bonchev–Trinajstić information content (AvgIpc) is 2.88. The molecule has 25 heavy (non-hydrogen) atoms. The van der Waals surface area contributed by atoms with E-state index in [4.69, 9.17) is 0 Å². The van der Waals surface area contributed by atoms with Crippen molar-refractivity contribution in [1.29, 1.82) is 0 Å². The van der Waals surface area contributed by atoms with E-state index in [0.29, 0.717) is 25.2 Å². The van der Waals surface area contributed by atoms with Gasteiger partial charge in [-0.1, -0.05) is 13.8 Å². The maximum Gasteiger partial charge on any atom is 0.135 e. The average molecular weight is 350 g/mol. The number of hydrogen-bond donors (Lipinski definition) is 1. The van der Waals surface area contributed by atoms with Gasteiger partial charge in [0.15, 0.2) is 0 Å². The highest BCUT2D eigenvalue weighted by molar-refractivity contribution is 5.81. The van der Waals surface area contributed by atoms with Crippen LogP contribution in [0.25, 0.3) is 0 Å². The van der Waals surface area contributed by atoms with Gasteiger partial charge in [0.25, 0.3) is 0 Å². The van der Waals surface area contributed by atoms with Gasteiger partial charge in [0, 0.05) is 24.2 Å². The monoisotopic (exact) mass is 350 g/mol. The number of halogens is 1. The van der Waals surface area contributed by atoms with Gasteiger partial charge in [-0.05, 0) is 68.6 Å². The Morgan fingerprint density at radius 2 is 1.88 bits per heavy atom. The summed E-state index contributed by atoms with van der Waals surface area (Å²) in [7, 11) is 0. The van der Waals surface area contributed by atoms with Gasteiger partial charge in [-0.25, -0.2) is 4.39 Å². The fourth-order valence-electron chi connectivity index (χ4n) is 7.69. The molecule has 0 aromatic rings. The predicted molar refractivity (Wildman–Crippen MR) is 92.6 cm³/mol. The quantitative estimate of drug-likeness (QED) is 0.781. The fourth-order valence-corrected chi connectivity index (χ4v) is 7.69. The summed E-state index contributed by atoms with van der Waals surface area (Å²) in [6, 6.07) is 0. The summed E-state index contributed by atoms with van der Waals surface area (Å²) in [5, 5.41) is 11.2. The number of ketones is 2. The van der Waals surface area contributed by atoms with Gasteiger partial charge in [-0.3, -0.25) is 9.59 Å². The Labute approximate surface area is 149 Å². The van der Waals surface area contributed by atoms with Gasteiger partial charge in [0.1, 0.15) is 23.3 Å². The Morgan fingerprint density at radius 3 is 2.56 bits per heavy atom. The van der Waals surface area contributed by atoms with Gasteiger partial charge in [0.05, 0.1) is 0 Å². The number of rotatable bonds is 1. The first-order valence-corrected chi connectivity index (χ1v) is 10.0. The number of Topliss-reactive ketones (excluding diaryl/α,β-unsaturated/α-hetero) is 2. The molecule has 4 rings (SSSR count). The fraction of sp³-hybridized carbons (Fsp3) is 0.905. The second-order valence-electron chi connectivity index (χ2n) is 9.92. The second kappa shape index (κ2) is 5.37. The van der Waals surface area contributed by atoms with Crippen molar-refractivity contribution in [3.8, 4) is 0 Å². The Hall–Kier alpha value is -0.770. The summed E-state index contributed by atoms with van der Waals surface area (Å²) in [6.07, 6.45) is 3.93. The number of carbonyl (C=O) groups excluding carboxylic acids is 2. The molecule has 0 aliphatic heterocycles. The maximum atomic E-state index is 15.3. The normalized spacial score (nSPS) is 55.2. The van der Waals surface area contributed by atoms with E-state index in [-0.39, 0.29) is 41.2 Å². The molecule has 4 fully saturated rings. The predicted octanol–water partition coefficient (Wildman–Crippen LogP) is 3.87. The van der Waals surface area contributed by atoms with Crippen LogP contribution in [0.4, 0.5) is 4.39 Å². The molecule has 0 bridgehead atoms. The number of hydrogen-bond acceptors (Lipinski definition) is 3. The Bertz CT molecular complexity index is 618. The Balaban J connectivity index is 1.71. The molecule has 8 atom stereocenters. The minimum absolute atomic E-state index is 0.000710. The molecular weight excluding hydrogens is 319 g/mol. The first-order valence-electron chi connectivity index (χ1n) is 10.0. The van der Waals surface area contributed by atoms with E-state index in [1.807, 2.05) is 6.92 Å². The zero-order valence-electron chi connectivity index (χ0n) is 15.7. The molecule has 1 unspecified atom stereocenters. The van der Waals surface area contributed by atoms with Crippen LogP contribution in [0.5, 0.6) is 0 Å². The van der Waals surface area contributed by atoms with Crippen molar-refractivity contribution in [3.63, 3.8) is 0 Å². The molecule has 4 aliphatic carbocycles. The molecule has 140 valence electrons. The molecule has 0 aromatic carbocycles. The van der Waals surface area contributed by atoms with E-state index >= 15 is 4.39 Å². The molecule has 0 aromatic heterocycles. The molecule has 0 amide bonds. The van der Waals surface area contributed by atoms with Crippen LogP contribution >= 0.6 is 0 Å². The van der Waals surface area contributed by atoms with E-state index in [1.165, 1.54) is 0 Å². The lowest BCUT2D eigenvalue weighted by molar-refractivity contribution is -0.232. The van der Waals surface area contributed by atoms with Crippen LogP contribution in [0, 0.1) is 34.5 Å². The number of alkyl halides is 1. The second-order valence-corrected chi connectivity index (χ2v) is 9.92. The van der Waals surface area contributed by atoms with E-state index in [0.717, 1.165) is 25.7 Å². The van der Waals surface area contributed by atoms with Crippen LogP contribution < -0.4 is 0 Å². The van der Waals surface area contributed by atoms with E-state index in [9.17, 15) is 14.7 Å². The molecule has 3 nitrogen and oxygen atoms in total. The molecule has 4 heteroatoms. The zero-order chi connectivity index (χ0) is 18.2. The third-order valence-corrected chi connectivity index (χ3v) is 9.12. The molecular formula is C21H31FO3. The van der Waals surface area contributed by atoms with Crippen molar-refractivity contribution in [2.24, 2.45) is 34.5 Å². The van der Waals surface area contributed by atoms with E-state index < -0.39 is 17.2 Å². The smallest absolute Gasteiger partial charge is 0.135 e.